The summed E-state index contributed by atoms with van der Waals surface area (Å²) >= 11 is 14.0. The van der Waals surface area contributed by atoms with Crippen LogP contribution in [0.2, 0.25) is 10.0 Å². The van der Waals surface area contributed by atoms with Gasteiger partial charge in [-0.25, -0.2) is 0 Å². The third-order valence-electron chi connectivity index (χ3n) is 2.66. The van der Waals surface area contributed by atoms with Gasteiger partial charge in [0.05, 0.1) is 5.02 Å². The van der Waals surface area contributed by atoms with Gasteiger partial charge in [0.15, 0.2) is 6.10 Å². The zero-order valence-electron chi connectivity index (χ0n) is 11.1. The van der Waals surface area contributed by atoms with Crippen LogP contribution in [-0.4, -0.2) is 12.0 Å². The molecule has 0 aliphatic carbocycles. The van der Waals surface area contributed by atoms with E-state index in [0.29, 0.717) is 15.8 Å². The molecule has 0 saturated carbocycles. The van der Waals surface area contributed by atoms with E-state index in [1.165, 1.54) is 0 Å². The highest BCUT2D eigenvalue weighted by molar-refractivity contribution is 14.1. The molecule has 0 unspecified atom stereocenters. The van der Waals surface area contributed by atoms with Crippen molar-refractivity contribution in [2.75, 3.05) is 5.32 Å². The Hall–Kier alpha value is -0.980. The summed E-state index contributed by atoms with van der Waals surface area (Å²) < 4.78 is 6.60. The molecule has 0 bridgehead atoms. The number of rotatable bonds is 4. The maximum atomic E-state index is 12.1. The molecule has 1 amide bonds. The fourth-order valence-electron chi connectivity index (χ4n) is 1.62. The topological polar surface area (TPSA) is 38.3 Å². The van der Waals surface area contributed by atoms with Gasteiger partial charge in [0.2, 0.25) is 0 Å². The Bertz CT molecular complexity index is 664. The summed E-state index contributed by atoms with van der Waals surface area (Å²) in [6, 6.07) is 12.4. The molecule has 0 saturated heterocycles. The van der Waals surface area contributed by atoms with Crippen molar-refractivity contribution in [2.45, 2.75) is 13.0 Å². The van der Waals surface area contributed by atoms with Crippen molar-refractivity contribution in [3.8, 4) is 5.75 Å². The maximum Gasteiger partial charge on any atom is 0.265 e. The number of carbonyl (C=O) groups is 1. The lowest BCUT2D eigenvalue weighted by atomic mass is 10.3. The van der Waals surface area contributed by atoms with Crippen LogP contribution >= 0.6 is 45.8 Å². The van der Waals surface area contributed by atoms with Gasteiger partial charge in [-0.05, 0) is 65.9 Å². The van der Waals surface area contributed by atoms with E-state index in [1.54, 1.807) is 25.1 Å². The van der Waals surface area contributed by atoms with Gasteiger partial charge in [-0.3, -0.25) is 4.79 Å². The lowest BCUT2D eigenvalue weighted by Crippen LogP contribution is -2.30. The van der Waals surface area contributed by atoms with Crippen molar-refractivity contribution in [1.82, 2.24) is 0 Å². The van der Waals surface area contributed by atoms with Crippen LogP contribution in [0.15, 0.2) is 42.5 Å². The van der Waals surface area contributed by atoms with Gasteiger partial charge in [-0.15, -0.1) is 0 Å². The Labute approximate surface area is 146 Å². The molecule has 0 radical (unpaired) electrons. The second kappa shape index (κ2) is 7.33. The summed E-state index contributed by atoms with van der Waals surface area (Å²) in [5.74, 6) is 0.175. The Balaban J connectivity index is 2.02. The molecule has 0 spiro atoms. The fourth-order valence-corrected chi connectivity index (χ4v) is 2.62. The van der Waals surface area contributed by atoms with Gasteiger partial charge < -0.3 is 10.1 Å². The van der Waals surface area contributed by atoms with Crippen LogP contribution in [0.25, 0.3) is 0 Å². The van der Waals surface area contributed by atoms with Crippen LogP contribution in [0.1, 0.15) is 6.92 Å². The molecule has 0 aliphatic rings. The van der Waals surface area contributed by atoms with Crippen molar-refractivity contribution in [3.05, 3.63) is 56.1 Å². The number of nitrogens with one attached hydrogen (secondary N) is 1. The number of carbonyl (C=O) groups excluding carboxylic acids is 1. The third-order valence-corrected chi connectivity index (χ3v) is 3.86. The van der Waals surface area contributed by atoms with Gasteiger partial charge in [0, 0.05) is 14.3 Å². The summed E-state index contributed by atoms with van der Waals surface area (Å²) in [4.78, 5) is 12.1. The molecule has 2 aromatic rings. The molecule has 6 heteroatoms. The first-order valence-corrected chi connectivity index (χ1v) is 7.97. The zero-order chi connectivity index (χ0) is 15.4. The van der Waals surface area contributed by atoms with Gasteiger partial charge >= 0.3 is 0 Å². The molecular formula is C15H12Cl2INO2. The average Bonchev–Trinajstić information content (AvgIpc) is 2.41. The maximum absolute atomic E-state index is 12.1. The monoisotopic (exact) mass is 435 g/mol. The normalized spacial score (nSPS) is 11.8. The third kappa shape index (κ3) is 4.76. The number of benzene rings is 2. The number of hydrogen-bond donors (Lipinski definition) is 1. The van der Waals surface area contributed by atoms with E-state index in [1.807, 2.05) is 24.3 Å². The Morgan fingerprint density at radius 2 is 2.00 bits per heavy atom. The first-order chi connectivity index (χ1) is 9.95. The average molecular weight is 436 g/mol. The van der Waals surface area contributed by atoms with Crippen molar-refractivity contribution in [2.24, 2.45) is 0 Å². The highest BCUT2D eigenvalue weighted by Gasteiger charge is 2.16. The Morgan fingerprint density at radius 3 is 2.67 bits per heavy atom. The molecule has 21 heavy (non-hydrogen) atoms. The molecule has 2 aromatic carbocycles. The molecule has 2 rings (SSSR count). The van der Waals surface area contributed by atoms with E-state index < -0.39 is 6.10 Å². The number of halogens is 3. The summed E-state index contributed by atoms with van der Waals surface area (Å²) in [6.45, 7) is 1.66. The van der Waals surface area contributed by atoms with E-state index in [9.17, 15) is 4.79 Å². The van der Waals surface area contributed by atoms with Crippen molar-refractivity contribution >= 4 is 57.4 Å². The molecule has 1 atom stereocenters. The smallest absolute Gasteiger partial charge is 0.265 e. The second-order valence-corrected chi connectivity index (χ2v) is 6.42. The van der Waals surface area contributed by atoms with Crippen molar-refractivity contribution in [1.29, 1.82) is 0 Å². The van der Waals surface area contributed by atoms with Gasteiger partial charge in [-0.2, -0.15) is 0 Å². The van der Waals surface area contributed by atoms with Crippen molar-refractivity contribution < 1.29 is 9.53 Å². The predicted octanol–water partition coefficient (Wildman–Crippen LogP) is 5.00. The van der Waals surface area contributed by atoms with Gasteiger partial charge in [0.1, 0.15) is 5.75 Å². The van der Waals surface area contributed by atoms with E-state index in [2.05, 4.69) is 27.9 Å². The summed E-state index contributed by atoms with van der Waals surface area (Å²) in [5.41, 5.74) is 0.726. The summed E-state index contributed by atoms with van der Waals surface area (Å²) in [5, 5.41) is 3.68. The number of hydrogen-bond acceptors (Lipinski definition) is 2. The quantitative estimate of drug-likeness (QED) is 0.686. The molecule has 3 nitrogen and oxygen atoms in total. The fraction of sp³-hybridized carbons (Fsp3) is 0.133. The minimum absolute atomic E-state index is 0.247. The van der Waals surface area contributed by atoms with E-state index in [0.717, 1.165) is 9.26 Å². The number of ether oxygens (including phenoxy) is 1. The van der Waals surface area contributed by atoms with E-state index >= 15 is 0 Å². The molecule has 0 aromatic heterocycles. The van der Waals surface area contributed by atoms with Crippen LogP contribution in [0.3, 0.4) is 0 Å². The Kier molecular flexibility index (Phi) is 5.72. The van der Waals surface area contributed by atoms with Crippen LogP contribution in [0.5, 0.6) is 5.75 Å². The van der Waals surface area contributed by atoms with Crippen LogP contribution in [0, 0.1) is 3.57 Å². The molecule has 0 fully saturated rings. The standard InChI is InChI=1S/C15H12Cl2INO2/c1-9(21-14-6-5-10(16)7-13(14)17)15(20)19-12-4-2-3-11(18)8-12/h2-9H,1H3,(H,19,20)/t9-/m1/s1. The van der Waals surface area contributed by atoms with E-state index in [-0.39, 0.29) is 5.91 Å². The first kappa shape index (κ1) is 16.4. The van der Waals surface area contributed by atoms with Gasteiger partial charge in [0.25, 0.3) is 5.91 Å². The molecule has 110 valence electrons. The summed E-state index contributed by atoms with van der Waals surface area (Å²) in [6.07, 6.45) is -0.679. The highest BCUT2D eigenvalue weighted by atomic mass is 127. The lowest BCUT2D eigenvalue weighted by Gasteiger charge is -2.16. The SMILES string of the molecule is C[C@@H](Oc1ccc(Cl)cc1Cl)C(=O)Nc1cccc(I)c1. The molecular weight excluding hydrogens is 424 g/mol. The lowest BCUT2D eigenvalue weighted by molar-refractivity contribution is -0.122. The predicted molar refractivity (Wildman–Crippen MR) is 94.3 cm³/mol. The van der Waals surface area contributed by atoms with Gasteiger partial charge in [-0.1, -0.05) is 29.3 Å². The largest absolute Gasteiger partial charge is 0.479 e. The minimum atomic E-state index is -0.679. The van der Waals surface area contributed by atoms with Crippen LogP contribution in [-0.2, 0) is 4.79 Å². The Morgan fingerprint density at radius 1 is 1.24 bits per heavy atom. The van der Waals surface area contributed by atoms with Crippen LogP contribution in [0.4, 0.5) is 5.69 Å². The van der Waals surface area contributed by atoms with E-state index in [4.69, 9.17) is 27.9 Å². The summed E-state index contributed by atoms with van der Waals surface area (Å²) in [7, 11) is 0. The second-order valence-electron chi connectivity index (χ2n) is 4.33. The molecule has 0 heterocycles. The number of anilines is 1. The minimum Gasteiger partial charge on any atom is -0.479 e. The van der Waals surface area contributed by atoms with Crippen LogP contribution < -0.4 is 10.1 Å². The first-order valence-electron chi connectivity index (χ1n) is 6.14. The molecule has 0 aliphatic heterocycles. The molecule has 1 N–H and O–H groups in total. The number of amides is 1. The zero-order valence-corrected chi connectivity index (χ0v) is 14.7. The highest BCUT2D eigenvalue weighted by Crippen LogP contribution is 2.28. The van der Waals surface area contributed by atoms with Crippen molar-refractivity contribution in [3.63, 3.8) is 0 Å².